The van der Waals surface area contributed by atoms with Gasteiger partial charge < -0.3 is 10.4 Å². The van der Waals surface area contributed by atoms with E-state index in [4.69, 9.17) is 10.1 Å². The number of carboxylic acid groups (broad SMARTS) is 1. The number of aliphatic imine (C=N–C) groups is 1. The molecule has 2 aromatic carbocycles. The van der Waals surface area contributed by atoms with Gasteiger partial charge in [-0.3, -0.25) is 9.79 Å². The summed E-state index contributed by atoms with van der Waals surface area (Å²) in [4.78, 5) is 16.6. The van der Waals surface area contributed by atoms with E-state index in [1.807, 2.05) is 0 Å². The van der Waals surface area contributed by atoms with Gasteiger partial charge in [0.05, 0.1) is 6.42 Å². The highest BCUT2D eigenvalue weighted by molar-refractivity contribution is 7.13. The zero-order chi connectivity index (χ0) is 21.2. The Kier molecular flexibility index (Phi) is 8.36. The first-order chi connectivity index (χ1) is 14.6. The molecule has 5 heteroatoms. The Morgan fingerprint density at radius 3 is 2.43 bits per heavy atom. The normalized spacial score (nSPS) is 11.6. The molecule has 0 amide bonds. The SMILES string of the molecule is CC(=NCCCc1ccc(-c2cccs2)cc1)c1ccc(CNCCC(=O)O)cc1. The molecular formula is C25H28N2O2S. The van der Waals surface area contributed by atoms with E-state index in [1.54, 1.807) is 11.3 Å². The number of benzene rings is 2. The van der Waals surface area contributed by atoms with Gasteiger partial charge in [0.25, 0.3) is 0 Å². The smallest absolute Gasteiger partial charge is 0.304 e. The van der Waals surface area contributed by atoms with Crippen LogP contribution in [0.15, 0.2) is 71.0 Å². The predicted molar refractivity (Wildman–Crippen MR) is 126 cm³/mol. The lowest BCUT2D eigenvalue weighted by molar-refractivity contribution is -0.136. The second-order valence-corrected chi connectivity index (χ2v) is 8.21. The molecule has 0 aliphatic heterocycles. The number of hydrogen-bond donors (Lipinski definition) is 2. The Balaban J connectivity index is 1.42. The van der Waals surface area contributed by atoms with Crippen LogP contribution in [0.3, 0.4) is 0 Å². The number of rotatable bonds is 11. The van der Waals surface area contributed by atoms with Gasteiger partial charge >= 0.3 is 5.97 Å². The third kappa shape index (κ3) is 6.94. The van der Waals surface area contributed by atoms with Gasteiger partial charge in [-0.15, -0.1) is 11.3 Å². The zero-order valence-electron chi connectivity index (χ0n) is 17.3. The van der Waals surface area contributed by atoms with E-state index in [-0.39, 0.29) is 6.42 Å². The lowest BCUT2D eigenvalue weighted by Crippen LogP contribution is -2.17. The predicted octanol–water partition coefficient (Wildman–Crippen LogP) is 5.42. The van der Waals surface area contributed by atoms with E-state index < -0.39 is 5.97 Å². The molecule has 2 N–H and O–H groups in total. The number of nitrogens with zero attached hydrogens (tertiary/aromatic N) is 1. The van der Waals surface area contributed by atoms with Crippen LogP contribution < -0.4 is 5.32 Å². The van der Waals surface area contributed by atoms with Crippen LogP contribution >= 0.6 is 11.3 Å². The van der Waals surface area contributed by atoms with Gasteiger partial charge in [-0.05, 0) is 53.5 Å². The van der Waals surface area contributed by atoms with Crippen molar-refractivity contribution in [3.05, 3.63) is 82.7 Å². The van der Waals surface area contributed by atoms with Crippen molar-refractivity contribution < 1.29 is 9.90 Å². The Bertz CT molecular complexity index is 946. The molecule has 3 aromatic rings. The Morgan fingerprint density at radius 2 is 1.77 bits per heavy atom. The number of carboxylic acids is 1. The minimum absolute atomic E-state index is 0.141. The summed E-state index contributed by atoms with van der Waals surface area (Å²) >= 11 is 1.77. The Morgan fingerprint density at radius 1 is 1.03 bits per heavy atom. The van der Waals surface area contributed by atoms with Crippen LogP contribution in [0.4, 0.5) is 0 Å². The third-order valence-corrected chi connectivity index (χ3v) is 5.87. The van der Waals surface area contributed by atoms with Crippen molar-refractivity contribution in [1.82, 2.24) is 5.32 Å². The molecule has 1 heterocycles. The highest BCUT2D eigenvalue weighted by Gasteiger charge is 2.01. The third-order valence-electron chi connectivity index (χ3n) is 4.95. The lowest BCUT2D eigenvalue weighted by atomic mass is 10.1. The van der Waals surface area contributed by atoms with Crippen LogP contribution in [0.5, 0.6) is 0 Å². The van der Waals surface area contributed by atoms with Crippen molar-refractivity contribution >= 4 is 23.0 Å². The number of aliphatic carboxylic acids is 1. The highest BCUT2D eigenvalue weighted by Crippen LogP contribution is 2.24. The summed E-state index contributed by atoms with van der Waals surface area (Å²) < 4.78 is 0. The van der Waals surface area contributed by atoms with Crippen molar-refractivity contribution in [3.63, 3.8) is 0 Å². The first-order valence-corrected chi connectivity index (χ1v) is 11.2. The molecule has 0 unspecified atom stereocenters. The quantitative estimate of drug-likeness (QED) is 0.322. The second kappa shape index (κ2) is 11.4. The lowest BCUT2D eigenvalue weighted by Gasteiger charge is -2.06. The average Bonchev–Trinajstić information content (AvgIpc) is 3.30. The summed E-state index contributed by atoms with van der Waals surface area (Å²) in [6.07, 6.45) is 2.20. The molecule has 0 saturated heterocycles. The Hall–Kier alpha value is -2.76. The van der Waals surface area contributed by atoms with Gasteiger partial charge in [0.2, 0.25) is 0 Å². The standard InChI is InChI=1S/C25H28N2O2S/c1-19(22-10-8-21(9-11-22)18-26-16-14-25(28)29)27-15-2-4-20-6-12-23(13-7-20)24-5-3-17-30-24/h3,5-13,17,26H,2,4,14-16,18H2,1H3,(H,28,29). The molecule has 4 nitrogen and oxygen atoms in total. The van der Waals surface area contributed by atoms with E-state index in [0.29, 0.717) is 13.1 Å². The molecule has 1 aromatic heterocycles. The van der Waals surface area contributed by atoms with E-state index in [2.05, 4.69) is 78.3 Å². The highest BCUT2D eigenvalue weighted by atomic mass is 32.1. The van der Waals surface area contributed by atoms with Crippen molar-refractivity contribution in [3.8, 4) is 10.4 Å². The van der Waals surface area contributed by atoms with Crippen LogP contribution in [0.2, 0.25) is 0 Å². The molecular weight excluding hydrogens is 392 g/mol. The van der Waals surface area contributed by atoms with Crippen molar-refractivity contribution in [2.45, 2.75) is 32.7 Å². The fraction of sp³-hybridized carbons (Fsp3) is 0.280. The largest absolute Gasteiger partial charge is 0.481 e. The number of aryl methyl sites for hydroxylation is 1. The fourth-order valence-electron chi connectivity index (χ4n) is 3.19. The summed E-state index contributed by atoms with van der Waals surface area (Å²) in [5.41, 5.74) is 5.95. The van der Waals surface area contributed by atoms with Crippen molar-refractivity contribution in [2.24, 2.45) is 4.99 Å². The molecule has 0 aliphatic rings. The molecule has 0 saturated carbocycles. The molecule has 0 aliphatic carbocycles. The van der Waals surface area contributed by atoms with Crippen LogP contribution in [-0.2, 0) is 17.8 Å². The van der Waals surface area contributed by atoms with E-state index >= 15 is 0 Å². The van der Waals surface area contributed by atoms with Crippen molar-refractivity contribution in [2.75, 3.05) is 13.1 Å². The topological polar surface area (TPSA) is 61.7 Å². The fourth-order valence-corrected chi connectivity index (χ4v) is 3.92. The van der Waals surface area contributed by atoms with Crippen LogP contribution in [0.1, 0.15) is 36.5 Å². The molecule has 0 bridgehead atoms. The van der Waals surface area contributed by atoms with Crippen LogP contribution in [-0.4, -0.2) is 29.9 Å². The number of thiophene rings is 1. The first kappa shape index (κ1) is 21.9. The van der Waals surface area contributed by atoms with Gasteiger partial charge in [0.1, 0.15) is 0 Å². The summed E-state index contributed by atoms with van der Waals surface area (Å²) in [5.74, 6) is -0.778. The molecule has 0 atom stereocenters. The van der Waals surface area contributed by atoms with E-state index in [0.717, 1.165) is 36.2 Å². The van der Waals surface area contributed by atoms with Gasteiger partial charge in [0.15, 0.2) is 0 Å². The molecule has 0 radical (unpaired) electrons. The van der Waals surface area contributed by atoms with Crippen LogP contribution in [0.25, 0.3) is 10.4 Å². The number of carbonyl (C=O) groups is 1. The minimum atomic E-state index is -0.778. The van der Waals surface area contributed by atoms with Crippen molar-refractivity contribution in [1.29, 1.82) is 0 Å². The average molecular weight is 421 g/mol. The molecule has 0 fully saturated rings. The minimum Gasteiger partial charge on any atom is -0.481 e. The number of nitrogens with one attached hydrogen (secondary N) is 1. The van der Waals surface area contributed by atoms with Gasteiger partial charge in [-0.25, -0.2) is 0 Å². The van der Waals surface area contributed by atoms with Gasteiger partial charge in [0, 0.05) is 30.2 Å². The van der Waals surface area contributed by atoms with E-state index in [1.165, 1.54) is 16.0 Å². The molecule has 3 rings (SSSR count). The summed E-state index contributed by atoms with van der Waals surface area (Å²) in [5, 5.41) is 13.9. The van der Waals surface area contributed by atoms with Gasteiger partial charge in [-0.1, -0.05) is 54.6 Å². The van der Waals surface area contributed by atoms with Gasteiger partial charge in [-0.2, -0.15) is 0 Å². The van der Waals surface area contributed by atoms with E-state index in [9.17, 15) is 4.79 Å². The maximum Gasteiger partial charge on any atom is 0.304 e. The summed E-state index contributed by atoms with van der Waals surface area (Å²) in [7, 11) is 0. The maximum atomic E-state index is 10.5. The molecule has 0 spiro atoms. The number of hydrogen-bond acceptors (Lipinski definition) is 4. The summed E-state index contributed by atoms with van der Waals surface area (Å²) in [6, 6.07) is 21.4. The molecule has 30 heavy (non-hydrogen) atoms. The zero-order valence-corrected chi connectivity index (χ0v) is 18.1. The summed E-state index contributed by atoms with van der Waals surface area (Å²) in [6.45, 7) is 4.02. The first-order valence-electron chi connectivity index (χ1n) is 10.3. The Labute approximate surface area is 182 Å². The second-order valence-electron chi connectivity index (χ2n) is 7.26. The maximum absolute atomic E-state index is 10.5. The monoisotopic (exact) mass is 420 g/mol. The van der Waals surface area contributed by atoms with Crippen LogP contribution in [0, 0.1) is 0 Å². The molecule has 156 valence electrons.